The van der Waals surface area contributed by atoms with E-state index in [0.717, 1.165) is 17.1 Å². The average molecular weight is 173 g/mol. The van der Waals surface area contributed by atoms with Gasteiger partial charge in [0.25, 0.3) is 0 Å². The van der Waals surface area contributed by atoms with Crippen LogP contribution in [0.3, 0.4) is 0 Å². The Hall–Kier alpha value is 0.310. The number of thioether (sulfide) groups is 1. The van der Waals surface area contributed by atoms with Crippen molar-refractivity contribution >= 4 is 11.8 Å². The first-order chi connectivity index (χ1) is 5.15. The lowest BCUT2D eigenvalue weighted by Gasteiger charge is -2.19. The van der Waals surface area contributed by atoms with Gasteiger partial charge in [0.2, 0.25) is 0 Å². The van der Waals surface area contributed by atoms with Gasteiger partial charge in [-0.3, -0.25) is 0 Å². The van der Waals surface area contributed by atoms with Crippen LogP contribution in [0, 0.1) is 11.8 Å². The fourth-order valence-electron chi connectivity index (χ4n) is 1.88. The number of rotatable bonds is 2. The molecular weight excluding hydrogens is 154 g/mol. The van der Waals surface area contributed by atoms with Crippen molar-refractivity contribution < 1.29 is 0 Å². The highest BCUT2D eigenvalue weighted by Gasteiger charge is 2.31. The summed E-state index contributed by atoms with van der Waals surface area (Å²) < 4.78 is 0. The van der Waals surface area contributed by atoms with E-state index < -0.39 is 0 Å². The van der Waals surface area contributed by atoms with Crippen LogP contribution in [-0.4, -0.2) is 36.5 Å². The van der Waals surface area contributed by atoms with Gasteiger partial charge in [-0.1, -0.05) is 13.8 Å². The minimum atomic E-state index is 0.845. The molecule has 2 atom stereocenters. The Morgan fingerprint density at radius 1 is 1.36 bits per heavy atom. The summed E-state index contributed by atoms with van der Waals surface area (Å²) in [6.07, 6.45) is 2.24. The maximum atomic E-state index is 2.45. The third kappa shape index (κ3) is 2.12. The van der Waals surface area contributed by atoms with E-state index in [1.54, 1.807) is 0 Å². The van der Waals surface area contributed by atoms with Crippen LogP contribution < -0.4 is 0 Å². The molecule has 0 radical (unpaired) electrons. The van der Waals surface area contributed by atoms with Crippen molar-refractivity contribution in [2.45, 2.75) is 19.1 Å². The van der Waals surface area contributed by atoms with E-state index in [1.165, 1.54) is 13.1 Å². The smallest absolute Gasteiger partial charge is 0.0214 e. The number of hydrogen-bond acceptors (Lipinski definition) is 2. The highest BCUT2D eigenvalue weighted by molar-refractivity contribution is 7.99. The van der Waals surface area contributed by atoms with E-state index in [2.05, 4.69) is 32.1 Å². The summed E-state index contributed by atoms with van der Waals surface area (Å²) in [7, 11) is 2.23. The predicted molar refractivity (Wildman–Crippen MR) is 53.1 cm³/mol. The molecule has 0 saturated carbocycles. The Bertz CT molecular complexity index is 125. The molecule has 1 aliphatic rings. The summed E-state index contributed by atoms with van der Waals surface area (Å²) in [5, 5.41) is 0.875. The summed E-state index contributed by atoms with van der Waals surface area (Å²) in [6, 6.07) is 0. The van der Waals surface area contributed by atoms with E-state index >= 15 is 0 Å². The molecule has 1 aliphatic heterocycles. The summed E-state index contributed by atoms with van der Waals surface area (Å²) in [6.45, 7) is 7.26. The fourth-order valence-corrected chi connectivity index (χ4v) is 3.04. The maximum absolute atomic E-state index is 2.45. The minimum absolute atomic E-state index is 0.845. The molecule has 0 spiro atoms. The first-order valence-corrected chi connectivity index (χ1v) is 5.65. The molecular formula is C9H19NS. The van der Waals surface area contributed by atoms with Crippen molar-refractivity contribution in [2.24, 2.45) is 11.8 Å². The van der Waals surface area contributed by atoms with E-state index in [4.69, 9.17) is 0 Å². The predicted octanol–water partition coefficient (Wildman–Crippen LogP) is 1.94. The van der Waals surface area contributed by atoms with Crippen LogP contribution in [0.5, 0.6) is 0 Å². The van der Waals surface area contributed by atoms with Crippen molar-refractivity contribution in [1.82, 2.24) is 4.90 Å². The third-order valence-corrected chi connectivity index (χ3v) is 3.75. The van der Waals surface area contributed by atoms with Gasteiger partial charge in [0.1, 0.15) is 0 Å². The highest BCUT2D eigenvalue weighted by atomic mass is 32.2. The van der Waals surface area contributed by atoms with Crippen molar-refractivity contribution in [3.05, 3.63) is 0 Å². The lowest BCUT2D eigenvalue weighted by atomic mass is 9.95. The maximum Gasteiger partial charge on any atom is 0.0214 e. The lowest BCUT2D eigenvalue weighted by Crippen LogP contribution is -2.19. The molecule has 2 heteroatoms. The van der Waals surface area contributed by atoms with Gasteiger partial charge in [-0.15, -0.1) is 0 Å². The lowest BCUT2D eigenvalue weighted by molar-refractivity contribution is 0.353. The molecule has 2 unspecified atom stereocenters. The zero-order valence-electron chi connectivity index (χ0n) is 8.00. The van der Waals surface area contributed by atoms with Crippen LogP contribution in [0.2, 0.25) is 0 Å². The molecule has 0 amide bonds. The van der Waals surface area contributed by atoms with E-state index in [-0.39, 0.29) is 0 Å². The van der Waals surface area contributed by atoms with Crippen molar-refractivity contribution in [3.63, 3.8) is 0 Å². The Labute approximate surface area is 74.5 Å². The molecule has 0 aromatic heterocycles. The van der Waals surface area contributed by atoms with Gasteiger partial charge in [0.05, 0.1) is 0 Å². The molecule has 0 N–H and O–H groups in total. The standard InChI is InChI=1S/C9H19NS/c1-7(2)8-5-10(3)6-9(8)11-4/h7-9H,5-6H2,1-4H3. The van der Waals surface area contributed by atoms with Crippen molar-refractivity contribution in [1.29, 1.82) is 0 Å². The van der Waals surface area contributed by atoms with Gasteiger partial charge in [0, 0.05) is 18.3 Å². The normalized spacial score (nSPS) is 33.5. The monoisotopic (exact) mass is 173 g/mol. The van der Waals surface area contributed by atoms with Crippen LogP contribution in [0.4, 0.5) is 0 Å². The zero-order valence-corrected chi connectivity index (χ0v) is 8.82. The topological polar surface area (TPSA) is 3.24 Å². The Balaban J connectivity index is 2.50. The van der Waals surface area contributed by atoms with Gasteiger partial charge in [-0.25, -0.2) is 0 Å². The molecule has 1 rings (SSSR count). The molecule has 0 aromatic rings. The molecule has 0 bridgehead atoms. The molecule has 1 saturated heterocycles. The number of hydrogen-bond donors (Lipinski definition) is 0. The van der Waals surface area contributed by atoms with E-state index in [0.29, 0.717) is 0 Å². The Kier molecular flexibility index (Phi) is 3.26. The summed E-state index contributed by atoms with van der Waals surface area (Å²) in [5.74, 6) is 1.76. The quantitative estimate of drug-likeness (QED) is 0.628. The fraction of sp³-hybridized carbons (Fsp3) is 1.00. The largest absolute Gasteiger partial charge is 0.305 e. The van der Waals surface area contributed by atoms with Crippen molar-refractivity contribution in [2.75, 3.05) is 26.4 Å². The summed E-state index contributed by atoms with van der Waals surface area (Å²) in [4.78, 5) is 2.45. The number of likely N-dealkylation sites (tertiary alicyclic amines) is 1. The van der Waals surface area contributed by atoms with Crippen LogP contribution in [-0.2, 0) is 0 Å². The Morgan fingerprint density at radius 2 is 2.00 bits per heavy atom. The van der Waals surface area contributed by atoms with Crippen LogP contribution >= 0.6 is 11.8 Å². The first kappa shape index (κ1) is 9.40. The highest BCUT2D eigenvalue weighted by Crippen LogP contribution is 2.30. The summed E-state index contributed by atoms with van der Waals surface area (Å²) >= 11 is 2.03. The molecule has 0 aromatic carbocycles. The molecule has 1 nitrogen and oxygen atoms in total. The molecule has 1 heterocycles. The first-order valence-electron chi connectivity index (χ1n) is 4.36. The van der Waals surface area contributed by atoms with Gasteiger partial charge in [0.15, 0.2) is 0 Å². The average Bonchev–Trinajstić information content (AvgIpc) is 2.30. The van der Waals surface area contributed by atoms with Gasteiger partial charge in [-0.2, -0.15) is 11.8 Å². The van der Waals surface area contributed by atoms with Crippen LogP contribution in [0.15, 0.2) is 0 Å². The van der Waals surface area contributed by atoms with Gasteiger partial charge in [-0.05, 0) is 25.1 Å². The van der Waals surface area contributed by atoms with Gasteiger partial charge < -0.3 is 4.90 Å². The SMILES string of the molecule is CSC1CN(C)CC1C(C)C. The second kappa shape index (κ2) is 3.81. The van der Waals surface area contributed by atoms with Gasteiger partial charge >= 0.3 is 0 Å². The van der Waals surface area contributed by atoms with Crippen LogP contribution in [0.1, 0.15) is 13.8 Å². The Morgan fingerprint density at radius 3 is 2.36 bits per heavy atom. The number of nitrogens with zero attached hydrogens (tertiary/aromatic N) is 1. The van der Waals surface area contributed by atoms with E-state index in [1.807, 2.05) is 11.8 Å². The van der Waals surface area contributed by atoms with Crippen LogP contribution in [0.25, 0.3) is 0 Å². The molecule has 11 heavy (non-hydrogen) atoms. The third-order valence-electron chi connectivity index (χ3n) is 2.65. The van der Waals surface area contributed by atoms with E-state index in [9.17, 15) is 0 Å². The second-order valence-corrected chi connectivity index (χ2v) is 4.98. The minimum Gasteiger partial charge on any atom is -0.305 e. The summed E-state index contributed by atoms with van der Waals surface area (Å²) in [5.41, 5.74) is 0. The molecule has 1 fully saturated rings. The molecule has 66 valence electrons. The zero-order chi connectivity index (χ0) is 8.43. The second-order valence-electron chi connectivity index (χ2n) is 3.90. The molecule has 0 aliphatic carbocycles. The van der Waals surface area contributed by atoms with Crippen molar-refractivity contribution in [3.8, 4) is 0 Å².